The van der Waals surface area contributed by atoms with Crippen LogP contribution in [0.25, 0.3) is 5.13 Å². The van der Waals surface area contributed by atoms with E-state index in [4.69, 9.17) is 0 Å². The van der Waals surface area contributed by atoms with Gasteiger partial charge in [0.15, 0.2) is 5.13 Å². The highest BCUT2D eigenvalue weighted by atomic mass is 32.1. The Morgan fingerprint density at radius 2 is 1.97 bits per heavy atom. The molecule has 4 rings (SSSR count). The fraction of sp³-hybridized carbons (Fsp3) is 0.261. The number of carbonyl (C=O) groups is 2. The Bertz CT molecular complexity index is 1100. The van der Waals surface area contributed by atoms with E-state index >= 15 is 0 Å². The second kappa shape index (κ2) is 8.97. The summed E-state index contributed by atoms with van der Waals surface area (Å²) < 4.78 is 1.88. The molecule has 7 heteroatoms. The van der Waals surface area contributed by atoms with Crippen LogP contribution < -0.4 is 10.2 Å². The van der Waals surface area contributed by atoms with Crippen molar-refractivity contribution in [3.8, 4) is 17.0 Å². The minimum atomic E-state index is -0.170. The standard InChI is InChI=1S/C23H22N4O2S/c1-17-21(30-23(25-17)26-14-4-5-15-26)22(29)24-13-6-7-18-9-11-19(12-10-18)27-16-3-2-8-20(27)28/h4-5,9-12,14-15H,2-3,8,13,16H2,1H3,(H,24,29). The number of nitrogens with one attached hydrogen (secondary N) is 1. The van der Waals surface area contributed by atoms with Crippen LogP contribution in [-0.2, 0) is 4.79 Å². The Hall–Kier alpha value is -3.37. The van der Waals surface area contributed by atoms with Gasteiger partial charge in [-0.3, -0.25) is 9.59 Å². The molecule has 3 aromatic rings. The summed E-state index contributed by atoms with van der Waals surface area (Å²) in [5, 5.41) is 3.60. The van der Waals surface area contributed by atoms with Crippen molar-refractivity contribution in [2.45, 2.75) is 26.2 Å². The number of aromatic nitrogens is 2. The Balaban J connectivity index is 1.34. The van der Waals surface area contributed by atoms with Crippen molar-refractivity contribution in [2.24, 2.45) is 0 Å². The first-order valence-electron chi connectivity index (χ1n) is 9.90. The maximum absolute atomic E-state index is 12.5. The fourth-order valence-electron chi connectivity index (χ4n) is 3.32. The lowest BCUT2D eigenvalue weighted by molar-refractivity contribution is -0.119. The Morgan fingerprint density at radius 1 is 1.20 bits per heavy atom. The number of anilines is 1. The van der Waals surface area contributed by atoms with Crippen LogP contribution in [0.2, 0.25) is 0 Å². The van der Waals surface area contributed by atoms with Crippen molar-refractivity contribution in [2.75, 3.05) is 18.0 Å². The van der Waals surface area contributed by atoms with E-state index in [9.17, 15) is 9.59 Å². The molecule has 1 aromatic carbocycles. The van der Waals surface area contributed by atoms with E-state index in [1.165, 1.54) is 11.3 Å². The molecule has 1 aliphatic heterocycles. The van der Waals surface area contributed by atoms with Gasteiger partial charge in [0.1, 0.15) is 4.88 Å². The molecule has 0 saturated carbocycles. The molecule has 0 atom stereocenters. The molecule has 0 bridgehead atoms. The number of rotatable bonds is 4. The van der Waals surface area contributed by atoms with Crippen molar-refractivity contribution in [3.05, 3.63) is 64.9 Å². The molecule has 152 valence electrons. The third-order valence-corrected chi connectivity index (χ3v) is 6.06. The summed E-state index contributed by atoms with van der Waals surface area (Å²) in [7, 11) is 0. The maximum Gasteiger partial charge on any atom is 0.264 e. The number of hydrogen-bond donors (Lipinski definition) is 1. The minimum Gasteiger partial charge on any atom is -0.340 e. The first kappa shape index (κ1) is 19.9. The quantitative estimate of drug-likeness (QED) is 0.659. The zero-order chi connectivity index (χ0) is 20.9. The Labute approximate surface area is 179 Å². The van der Waals surface area contributed by atoms with Gasteiger partial charge in [-0.2, -0.15) is 0 Å². The number of amides is 2. The molecular weight excluding hydrogens is 396 g/mol. The van der Waals surface area contributed by atoms with E-state index in [0.29, 0.717) is 17.0 Å². The van der Waals surface area contributed by atoms with Crippen molar-refractivity contribution >= 4 is 28.8 Å². The normalized spacial score (nSPS) is 13.6. The molecule has 2 aromatic heterocycles. The van der Waals surface area contributed by atoms with Gasteiger partial charge >= 0.3 is 0 Å². The average molecular weight is 419 g/mol. The number of nitrogens with zero attached hydrogens (tertiary/aromatic N) is 3. The molecule has 6 nitrogen and oxygen atoms in total. The van der Waals surface area contributed by atoms with Gasteiger partial charge in [0.05, 0.1) is 12.2 Å². The summed E-state index contributed by atoms with van der Waals surface area (Å²) in [5.41, 5.74) is 2.47. The smallest absolute Gasteiger partial charge is 0.264 e. The monoisotopic (exact) mass is 418 g/mol. The van der Waals surface area contributed by atoms with Crippen LogP contribution in [0.4, 0.5) is 5.69 Å². The summed E-state index contributed by atoms with van der Waals surface area (Å²) in [4.78, 5) is 31.4. The summed E-state index contributed by atoms with van der Waals surface area (Å²) in [6, 6.07) is 11.5. The molecular formula is C23H22N4O2S. The van der Waals surface area contributed by atoms with Crippen molar-refractivity contribution in [3.63, 3.8) is 0 Å². The van der Waals surface area contributed by atoms with E-state index in [0.717, 1.165) is 35.8 Å². The number of benzene rings is 1. The van der Waals surface area contributed by atoms with E-state index in [1.54, 1.807) is 0 Å². The second-order valence-corrected chi connectivity index (χ2v) is 8.01. The van der Waals surface area contributed by atoms with Crippen LogP contribution >= 0.6 is 11.3 Å². The zero-order valence-corrected chi connectivity index (χ0v) is 17.5. The van der Waals surface area contributed by atoms with Crippen LogP contribution in [-0.4, -0.2) is 34.5 Å². The van der Waals surface area contributed by atoms with E-state index < -0.39 is 0 Å². The number of carbonyl (C=O) groups excluding carboxylic acids is 2. The van der Waals surface area contributed by atoms with Gasteiger partial charge in [0.25, 0.3) is 5.91 Å². The van der Waals surface area contributed by atoms with Crippen LogP contribution in [0, 0.1) is 18.8 Å². The number of aryl methyl sites for hydroxylation is 1. The van der Waals surface area contributed by atoms with E-state index in [1.807, 2.05) is 65.2 Å². The Morgan fingerprint density at radius 3 is 2.70 bits per heavy atom. The molecule has 1 fully saturated rings. The second-order valence-electron chi connectivity index (χ2n) is 7.04. The third-order valence-electron chi connectivity index (χ3n) is 4.89. The van der Waals surface area contributed by atoms with E-state index in [2.05, 4.69) is 22.1 Å². The summed E-state index contributed by atoms with van der Waals surface area (Å²) >= 11 is 1.35. The molecule has 0 radical (unpaired) electrons. The van der Waals surface area contributed by atoms with Crippen molar-refractivity contribution in [1.82, 2.24) is 14.9 Å². The summed E-state index contributed by atoms with van der Waals surface area (Å²) in [6.07, 6.45) is 6.43. The van der Waals surface area contributed by atoms with Gasteiger partial charge in [0, 0.05) is 36.6 Å². The average Bonchev–Trinajstić information content (AvgIpc) is 3.42. The van der Waals surface area contributed by atoms with E-state index in [-0.39, 0.29) is 18.4 Å². The largest absolute Gasteiger partial charge is 0.340 e. The highest BCUT2D eigenvalue weighted by Gasteiger charge is 2.19. The topological polar surface area (TPSA) is 67.2 Å². The molecule has 0 unspecified atom stereocenters. The lowest BCUT2D eigenvalue weighted by atomic mass is 10.1. The van der Waals surface area contributed by atoms with Gasteiger partial charge in [-0.05, 0) is 56.2 Å². The maximum atomic E-state index is 12.5. The highest BCUT2D eigenvalue weighted by molar-refractivity contribution is 7.16. The summed E-state index contributed by atoms with van der Waals surface area (Å²) in [5.74, 6) is 6.04. The Kier molecular flexibility index (Phi) is 5.96. The zero-order valence-electron chi connectivity index (χ0n) is 16.7. The van der Waals surface area contributed by atoms with Crippen LogP contribution in [0.5, 0.6) is 0 Å². The van der Waals surface area contributed by atoms with Gasteiger partial charge < -0.3 is 14.8 Å². The lowest BCUT2D eigenvalue weighted by Gasteiger charge is -2.26. The number of thiazole rings is 1. The molecule has 0 spiro atoms. The first-order valence-corrected chi connectivity index (χ1v) is 10.7. The SMILES string of the molecule is Cc1nc(-n2cccc2)sc1C(=O)NCC#Cc1ccc(N2CCCCC2=O)cc1. The predicted octanol–water partition coefficient (Wildman–Crippen LogP) is 3.54. The predicted molar refractivity (Wildman–Crippen MR) is 118 cm³/mol. The lowest BCUT2D eigenvalue weighted by Crippen LogP contribution is -2.35. The molecule has 1 aliphatic rings. The number of piperidine rings is 1. The highest BCUT2D eigenvalue weighted by Crippen LogP contribution is 2.22. The molecule has 1 N–H and O–H groups in total. The van der Waals surface area contributed by atoms with Gasteiger partial charge in [0.2, 0.25) is 5.91 Å². The molecule has 2 amide bonds. The van der Waals surface area contributed by atoms with Gasteiger partial charge in [-0.15, -0.1) is 0 Å². The van der Waals surface area contributed by atoms with Crippen molar-refractivity contribution < 1.29 is 9.59 Å². The van der Waals surface area contributed by atoms with Crippen LogP contribution in [0.3, 0.4) is 0 Å². The molecule has 0 aliphatic carbocycles. The third kappa shape index (κ3) is 4.44. The van der Waals surface area contributed by atoms with Crippen LogP contribution in [0.1, 0.15) is 40.2 Å². The fourth-order valence-corrected chi connectivity index (χ4v) is 4.27. The van der Waals surface area contributed by atoms with Gasteiger partial charge in [-0.1, -0.05) is 23.2 Å². The van der Waals surface area contributed by atoms with Gasteiger partial charge in [-0.25, -0.2) is 4.98 Å². The molecule has 30 heavy (non-hydrogen) atoms. The first-order chi connectivity index (χ1) is 14.6. The minimum absolute atomic E-state index is 0.170. The summed E-state index contributed by atoms with van der Waals surface area (Å²) in [6.45, 7) is 2.86. The number of hydrogen-bond acceptors (Lipinski definition) is 4. The van der Waals surface area contributed by atoms with Crippen LogP contribution in [0.15, 0.2) is 48.8 Å². The van der Waals surface area contributed by atoms with Crippen molar-refractivity contribution in [1.29, 1.82) is 0 Å². The molecule has 1 saturated heterocycles. The molecule has 3 heterocycles.